The van der Waals surface area contributed by atoms with Crippen LogP contribution in [0.2, 0.25) is 0 Å². The summed E-state index contributed by atoms with van der Waals surface area (Å²) in [6.45, 7) is 3.34. The molecular formula is C27H23NO9S2. The Balaban J connectivity index is 1.79. The minimum absolute atomic E-state index is 0.166. The molecular weight excluding hydrogens is 546 g/mol. The van der Waals surface area contributed by atoms with Crippen LogP contribution in [0.15, 0.2) is 94.9 Å². The van der Waals surface area contributed by atoms with E-state index in [1.807, 2.05) is 0 Å². The summed E-state index contributed by atoms with van der Waals surface area (Å²) in [6, 6.07) is 18.4. The van der Waals surface area contributed by atoms with E-state index in [4.69, 9.17) is 13.1 Å². The summed E-state index contributed by atoms with van der Waals surface area (Å²) in [5.41, 5.74) is 1.40. The number of pyridine rings is 1. The fourth-order valence-corrected chi connectivity index (χ4v) is 5.24. The van der Waals surface area contributed by atoms with Crippen LogP contribution < -0.4 is 13.1 Å². The van der Waals surface area contributed by atoms with Gasteiger partial charge in [-0.25, -0.2) is 4.79 Å². The summed E-state index contributed by atoms with van der Waals surface area (Å²) in [5.74, 6) is -3.09. The second kappa shape index (κ2) is 11.1. The topological polar surface area (TPSA) is 146 Å². The second-order valence-corrected chi connectivity index (χ2v) is 11.5. The molecule has 1 N–H and O–H groups in total. The van der Waals surface area contributed by atoms with Gasteiger partial charge in [0.05, 0.1) is 5.69 Å². The van der Waals surface area contributed by atoms with E-state index >= 15 is 0 Å². The van der Waals surface area contributed by atoms with Crippen LogP contribution in [-0.2, 0) is 26.8 Å². The molecule has 0 amide bonds. The van der Waals surface area contributed by atoms with Crippen molar-refractivity contribution in [2.24, 2.45) is 0 Å². The molecule has 12 heteroatoms. The summed E-state index contributed by atoms with van der Waals surface area (Å²) in [6.07, 6.45) is 1.51. The quantitative estimate of drug-likeness (QED) is 0.271. The van der Waals surface area contributed by atoms with Gasteiger partial charge in [-0.05, 0) is 50.2 Å². The summed E-state index contributed by atoms with van der Waals surface area (Å²) in [7, 11) is -8.91. The monoisotopic (exact) mass is 569 g/mol. The fraction of sp³-hybridized carbons (Fsp3) is 0.111. The zero-order chi connectivity index (χ0) is 28.2. The number of hydrogen-bond donors (Lipinski definition) is 1. The minimum atomic E-state index is -4.52. The summed E-state index contributed by atoms with van der Waals surface area (Å²) >= 11 is 0. The molecule has 0 unspecified atom stereocenters. The average Bonchev–Trinajstić information content (AvgIpc) is 2.87. The number of carboxylic acids is 1. The van der Waals surface area contributed by atoms with E-state index in [9.17, 15) is 26.7 Å². The third-order valence-electron chi connectivity index (χ3n) is 5.38. The highest BCUT2D eigenvalue weighted by atomic mass is 32.2. The van der Waals surface area contributed by atoms with Crippen LogP contribution >= 0.6 is 0 Å². The third-order valence-corrected chi connectivity index (χ3v) is 7.89. The van der Waals surface area contributed by atoms with Gasteiger partial charge in [-0.2, -0.15) is 16.8 Å². The molecule has 0 atom stereocenters. The summed E-state index contributed by atoms with van der Waals surface area (Å²) in [5, 5.41) is 9.95. The zero-order valence-electron chi connectivity index (χ0n) is 20.8. The third kappa shape index (κ3) is 6.72. The number of aromatic carboxylic acids is 1. The lowest BCUT2D eigenvalue weighted by Gasteiger charge is -2.16. The van der Waals surface area contributed by atoms with E-state index in [0.717, 1.165) is 23.3 Å². The van der Waals surface area contributed by atoms with Crippen molar-refractivity contribution in [1.82, 2.24) is 4.98 Å². The van der Waals surface area contributed by atoms with Crippen LogP contribution in [0.5, 0.6) is 17.2 Å². The molecule has 0 aliphatic heterocycles. The van der Waals surface area contributed by atoms with Crippen LogP contribution in [-0.4, -0.2) is 32.9 Å². The Labute approximate surface area is 225 Å². The number of carbonyl (C=O) groups is 1. The number of carboxylic acid groups (broad SMARTS) is 1. The Kier molecular flexibility index (Phi) is 7.88. The Bertz CT molecular complexity index is 1700. The van der Waals surface area contributed by atoms with Crippen LogP contribution in [0.4, 0.5) is 0 Å². The molecule has 4 aromatic rings. The largest absolute Gasteiger partial charge is 0.486 e. The molecule has 4 rings (SSSR count). The molecule has 0 fully saturated rings. The van der Waals surface area contributed by atoms with Gasteiger partial charge in [0.15, 0.2) is 5.75 Å². The van der Waals surface area contributed by atoms with Crippen molar-refractivity contribution in [2.75, 3.05) is 0 Å². The predicted octanol–water partition coefficient (Wildman–Crippen LogP) is 4.51. The van der Waals surface area contributed by atoms with Gasteiger partial charge in [-0.3, -0.25) is 4.98 Å². The number of benzene rings is 3. The maximum atomic E-state index is 13.0. The average molecular weight is 570 g/mol. The van der Waals surface area contributed by atoms with E-state index in [1.165, 1.54) is 30.5 Å². The van der Waals surface area contributed by atoms with Crippen molar-refractivity contribution in [3.8, 4) is 17.2 Å². The molecule has 0 bridgehead atoms. The standard InChI is InChI=1S/C27H23NO9S2/c1-18-6-10-22(11-7-18)38(31,32)36-21-15-24(35-17-20-5-3-4-14-28-20)26(27(29)30)25(16-21)37-39(33,34)23-12-8-19(2)9-13-23/h3-16H,17H2,1-2H3,(H,29,30). The van der Waals surface area contributed by atoms with Crippen molar-refractivity contribution < 1.29 is 39.8 Å². The number of hydrogen-bond acceptors (Lipinski definition) is 9. The highest BCUT2D eigenvalue weighted by molar-refractivity contribution is 7.87. The van der Waals surface area contributed by atoms with Gasteiger partial charge in [-0.15, -0.1) is 0 Å². The van der Waals surface area contributed by atoms with Gasteiger partial charge in [0.25, 0.3) is 0 Å². The molecule has 0 spiro atoms. The van der Waals surface area contributed by atoms with E-state index in [-0.39, 0.29) is 22.1 Å². The first kappa shape index (κ1) is 27.6. The first-order valence-corrected chi connectivity index (χ1v) is 14.2. The Hall–Kier alpha value is -4.42. The normalized spacial score (nSPS) is 11.5. The van der Waals surface area contributed by atoms with Crippen LogP contribution in [0.1, 0.15) is 27.2 Å². The van der Waals surface area contributed by atoms with Gasteiger partial charge in [-0.1, -0.05) is 41.5 Å². The van der Waals surface area contributed by atoms with Crippen LogP contribution in [0.3, 0.4) is 0 Å². The molecule has 1 aromatic heterocycles. The second-order valence-electron chi connectivity index (χ2n) is 8.41. The molecule has 0 saturated carbocycles. The van der Waals surface area contributed by atoms with Crippen molar-refractivity contribution >= 4 is 26.2 Å². The minimum Gasteiger partial charge on any atom is -0.486 e. The van der Waals surface area contributed by atoms with Crippen molar-refractivity contribution in [3.63, 3.8) is 0 Å². The van der Waals surface area contributed by atoms with Gasteiger partial charge < -0.3 is 18.2 Å². The number of nitrogens with zero attached hydrogens (tertiary/aromatic N) is 1. The molecule has 39 heavy (non-hydrogen) atoms. The SMILES string of the molecule is Cc1ccc(S(=O)(=O)Oc2cc(OCc3ccccn3)c(C(=O)O)c(OS(=O)(=O)c3ccc(C)cc3)c2)cc1. The van der Waals surface area contributed by atoms with Gasteiger partial charge in [0.1, 0.15) is 33.5 Å². The van der Waals surface area contributed by atoms with E-state index in [2.05, 4.69) is 4.98 Å². The number of aromatic nitrogens is 1. The molecule has 0 saturated heterocycles. The molecule has 10 nitrogen and oxygen atoms in total. The highest BCUT2D eigenvalue weighted by Gasteiger charge is 2.28. The zero-order valence-corrected chi connectivity index (χ0v) is 22.4. The lowest BCUT2D eigenvalue weighted by Crippen LogP contribution is -2.15. The molecule has 0 aliphatic rings. The van der Waals surface area contributed by atoms with Crippen molar-refractivity contribution in [3.05, 3.63) is 107 Å². The Morgan fingerprint density at radius 2 is 1.31 bits per heavy atom. The first-order valence-electron chi connectivity index (χ1n) is 11.4. The predicted molar refractivity (Wildman–Crippen MR) is 140 cm³/mol. The fourth-order valence-electron chi connectivity index (χ4n) is 3.39. The van der Waals surface area contributed by atoms with Gasteiger partial charge in [0.2, 0.25) is 0 Å². The maximum Gasteiger partial charge on any atom is 0.343 e. The smallest absolute Gasteiger partial charge is 0.343 e. The Morgan fingerprint density at radius 3 is 1.82 bits per heavy atom. The Morgan fingerprint density at radius 1 is 0.769 bits per heavy atom. The van der Waals surface area contributed by atoms with Crippen molar-refractivity contribution in [1.29, 1.82) is 0 Å². The number of aryl methyl sites for hydroxylation is 2. The van der Waals surface area contributed by atoms with Crippen LogP contribution in [0, 0.1) is 13.8 Å². The maximum absolute atomic E-state index is 13.0. The first-order chi connectivity index (χ1) is 18.4. The molecule has 0 radical (unpaired) electrons. The number of ether oxygens (including phenoxy) is 1. The van der Waals surface area contributed by atoms with E-state index in [1.54, 1.807) is 56.3 Å². The highest BCUT2D eigenvalue weighted by Crippen LogP contribution is 2.37. The van der Waals surface area contributed by atoms with Crippen LogP contribution in [0.25, 0.3) is 0 Å². The van der Waals surface area contributed by atoms with E-state index in [0.29, 0.717) is 5.69 Å². The summed E-state index contributed by atoms with van der Waals surface area (Å²) < 4.78 is 67.9. The lowest BCUT2D eigenvalue weighted by atomic mass is 10.1. The number of rotatable bonds is 10. The van der Waals surface area contributed by atoms with Gasteiger partial charge in [0, 0.05) is 18.3 Å². The van der Waals surface area contributed by atoms with Crippen molar-refractivity contribution in [2.45, 2.75) is 30.2 Å². The molecule has 0 aliphatic carbocycles. The molecule has 202 valence electrons. The molecule has 3 aromatic carbocycles. The van der Waals surface area contributed by atoms with Gasteiger partial charge >= 0.3 is 26.2 Å². The summed E-state index contributed by atoms with van der Waals surface area (Å²) in [4.78, 5) is 15.9. The molecule has 1 heterocycles. The van der Waals surface area contributed by atoms with E-state index < -0.39 is 43.3 Å². The lowest BCUT2D eigenvalue weighted by molar-refractivity contribution is 0.0689.